The summed E-state index contributed by atoms with van der Waals surface area (Å²) in [5.74, 6) is 0. The summed E-state index contributed by atoms with van der Waals surface area (Å²) in [5, 5.41) is 0.930. The molecule has 0 fully saturated rings. The van der Waals surface area contributed by atoms with Gasteiger partial charge in [-0.05, 0) is 29.7 Å². The molecule has 11 heavy (non-hydrogen) atoms. The zero-order valence-electron chi connectivity index (χ0n) is 6.40. The third-order valence-corrected chi connectivity index (χ3v) is 2.69. The molecule has 0 heterocycles. The largest absolute Gasteiger partial charge is 0.0876 e. The molecule has 0 saturated heterocycles. The van der Waals surface area contributed by atoms with Crippen LogP contribution < -0.4 is 0 Å². The van der Waals surface area contributed by atoms with E-state index in [-0.39, 0.29) is 0 Å². The number of alkyl halides is 1. The lowest BCUT2D eigenvalue weighted by atomic mass is 10.1. The number of benzene rings is 1. The summed E-state index contributed by atoms with van der Waals surface area (Å²) in [7, 11) is 0. The molecule has 0 aromatic heterocycles. The molecule has 0 spiro atoms. The van der Waals surface area contributed by atoms with E-state index in [1.165, 1.54) is 15.6 Å². The van der Waals surface area contributed by atoms with Gasteiger partial charge in [-0.15, -0.1) is 0 Å². The fourth-order valence-electron chi connectivity index (χ4n) is 0.999. The van der Waals surface area contributed by atoms with Crippen LogP contribution in [-0.2, 0) is 11.8 Å². The molecular formula is C9H10Br2. The van der Waals surface area contributed by atoms with E-state index in [0.717, 1.165) is 11.8 Å². The first-order valence-electron chi connectivity index (χ1n) is 3.60. The van der Waals surface area contributed by atoms with Gasteiger partial charge in [-0.3, -0.25) is 0 Å². The third kappa shape index (κ3) is 2.60. The number of aryl methyl sites for hydroxylation is 1. The lowest BCUT2D eigenvalue weighted by Gasteiger charge is -2.01. The Morgan fingerprint density at radius 2 is 1.82 bits per heavy atom. The normalized spacial score (nSPS) is 10.1. The quantitative estimate of drug-likeness (QED) is 0.719. The Morgan fingerprint density at radius 1 is 1.18 bits per heavy atom. The Hall–Kier alpha value is 0.180. The predicted octanol–water partition coefficient (Wildman–Crippen LogP) is 3.91. The molecule has 0 N–H and O–H groups in total. The van der Waals surface area contributed by atoms with Crippen LogP contribution in [-0.4, -0.2) is 0 Å². The second-order valence-corrected chi connectivity index (χ2v) is 3.93. The number of hydrogen-bond donors (Lipinski definition) is 0. The Balaban J connectivity index is 3.02. The van der Waals surface area contributed by atoms with E-state index in [1.807, 2.05) is 0 Å². The van der Waals surface area contributed by atoms with Gasteiger partial charge >= 0.3 is 0 Å². The zero-order chi connectivity index (χ0) is 8.27. The van der Waals surface area contributed by atoms with E-state index < -0.39 is 0 Å². The Morgan fingerprint density at radius 3 is 2.36 bits per heavy atom. The molecule has 2 heteroatoms. The number of halogens is 2. The second kappa shape index (κ2) is 4.27. The molecule has 0 atom stereocenters. The van der Waals surface area contributed by atoms with Crippen LogP contribution in [0.1, 0.15) is 18.1 Å². The van der Waals surface area contributed by atoms with E-state index in [2.05, 4.69) is 57.0 Å². The van der Waals surface area contributed by atoms with Crippen LogP contribution in [0.2, 0.25) is 0 Å². The first-order chi connectivity index (χ1) is 5.26. The van der Waals surface area contributed by atoms with Crippen LogP contribution in [0.3, 0.4) is 0 Å². The smallest absolute Gasteiger partial charge is 0.0283 e. The summed E-state index contributed by atoms with van der Waals surface area (Å²) >= 11 is 6.91. The fourth-order valence-corrected chi connectivity index (χ4v) is 1.91. The topological polar surface area (TPSA) is 0 Å². The molecule has 0 bridgehead atoms. The first kappa shape index (κ1) is 9.27. The van der Waals surface area contributed by atoms with Crippen molar-refractivity contribution in [3.05, 3.63) is 33.8 Å². The maximum absolute atomic E-state index is 3.47. The maximum atomic E-state index is 3.47. The van der Waals surface area contributed by atoms with Crippen molar-refractivity contribution in [2.75, 3.05) is 0 Å². The van der Waals surface area contributed by atoms with Crippen molar-refractivity contribution in [2.45, 2.75) is 18.7 Å². The summed E-state index contributed by atoms with van der Waals surface area (Å²) in [6, 6.07) is 6.51. The SMILES string of the molecule is CCc1cc(Br)cc(CBr)c1. The summed E-state index contributed by atoms with van der Waals surface area (Å²) in [5.41, 5.74) is 2.71. The zero-order valence-corrected chi connectivity index (χ0v) is 9.57. The molecule has 0 aliphatic carbocycles. The predicted molar refractivity (Wildman–Crippen MR) is 56.2 cm³/mol. The highest BCUT2D eigenvalue weighted by atomic mass is 79.9. The molecule has 0 radical (unpaired) electrons. The standard InChI is InChI=1S/C9H10Br2/c1-2-7-3-8(6-10)5-9(11)4-7/h3-5H,2,6H2,1H3. The minimum Gasteiger partial charge on any atom is -0.0876 e. The lowest BCUT2D eigenvalue weighted by Crippen LogP contribution is -1.84. The molecule has 1 rings (SSSR count). The Bertz CT molecular complexity index is 221. The van der Waals surface area contributed by atoms with Gasteiger partial charge in [0.25, 0.3) is 0 Å². The van der Waals surface area contributed by atoms with Crippen molar-refractivity contribution in [1.29, 1.82) is 0 Å². The van der Waals surface area contributed by atoms with E-state index in [9.17, 15) is 0 Å². The maximum Gasteiger partial charge on any atom is 0.0283 e. The lowest BCUT2D eigenvalue weighted by molar-refractivity contribution is 1.13. The molecule has 0 aliphatic rings. The Kier molecular flexibility index (Phi) is 3.60. The number of hydrogen-bond acceptors (Lipinski definition) is 0. The molecule has 60 valence electrons. The molecule has 0 nitrogen and oxygen atoms in total. The van der Waals surface area contributed by atoms with Crippen molar-refractivity contribution in [3.63, 3.8) is 0 Å². The molecular weight excluding hydrogens is 268 g/mol. The van der Waals surface area contributed by atoms with Crippen LogP contribution in [0, 0.1) is 0 Å². The monoisotopic (exact) mass is 276 g/mol. The highest BCUT2D eigenvalue weighted by Crippen LogP contribution is 2.17. The van der Waals surface area contributed by atoms with E-state index in [1.54, 1.807) is 0 Å². The second-order valence-electron chi connectivity index (χ2n) is 2.45. The van der Waals surface area contributed by atoms with Gasteiger partial charge in [-0.1, -0.05) is 44.8 Å². The van der Waals surface area contributed by atoms with Gasteiger partial charge in [0.1, 0.15) is 0 Å². The van der Waals surface area contributed by atoms with Gasteiger partial charge in [0.2, 0.25) is 0 Å². The fraction of sp³-hybridized carbons (Fsp3) is 0.333. The average molecular weight is 278 g/mol. The van der Waals surface area contributed by atoms with Gasteiger partial charge in [0.15, 0.2) is 0 Å². The highest BCUT2D eigenvalue weighted by Gasteiger charge is 1.95. The first-order valence-corrected chi connectivity index (χ1v) is 5.52. The van der Waals surface area contributed by atoms with E-state index in [4.69, 9.17) is 0 Å². The molecule has 0 saturated carbocycles. The summed E-state index contributed by atoms with van der Waals surface area (Å²) in [4.78, 5) is 0. The number of rotatable bonds is 2. The van der Waals surface area contributed by atoms with Gasteiger partial charge < -0.3 is 0 Å². The molecule has 0 amide bonds. The van der Waals surface area contributed by atoms with Gasteiger partial charge in [-0.25, -0.2) is 0 Å². The molecule has 1 aromatic rings. The summed E-state index contributed by atoms with van der Waals surface area (Å²) < 4.78 is 1.17. The molecule has 1 aromatic carbocycles. The minimum absolute atomic E-state index is 0.930. The third-order valence-electron chi connectivity index (χ3n) is 1.58. The van der Waals surface area contributed by atoms with Gasteiger partial charge in [0, 0.05) is 9.80 Å². The van der Waals surface area contributed by atoms with Crippen molar-refractivity contribution in [2.24, 2.45) is 0 Å². The van der Waals surface area contributed by atoms with Crippen LogP contribution in [0.5, 0.6) is 0 Å². The van der Waals surface area contributed by atoms with Crippen molar-refractivity contribution in [1.82, 2.24) is 0 Å². The molecule has 0 aliphatic heterocycles. The summed E-state index contributed by atoms with van der Waals surface area (Å²) in [6.07, 6.45) is 1.10. The van der Waals surface area contributed by atoms with Crippen molar-refractivity contribution >= 4 is 31.9 Å². The highest BCUT2D eigenvalue weighted by molar-refractivity contribution is 9.10. The van der Waals surface area contributed by atoms with Crippen LogP contribution in [0.15, 0.2) is 22.7 Å². The minimum atomic E-state index is 0.930. The molecule has 0 unspecified atom stereocenters. The van der Waals surface area contributed by atoms with Crippen LogP contribution >= 0.6 is 31.9 Å². The Labute approximate surface area is 84.3 Å². The van der Waals surface area contributed by atoms with Gasteiger partial charge in [-0.2, -0.15) is 0 Å². The average Bonchev–Trinajstić information content (AvgIpc) is 2.03. The van der Waals surface area contributed by atoms with Gasteiger partial charge in [0.05, 0.1) is 0 Å². The van der Waals surface area contributed by atoms with Crippen molar-refractivity contribution in [3.8, 4) is 0 Å². The van der Waals surface area contributed by atoms with Crippen LogP contribution in [0.25, 0.3) is 0 Å². The summed E-state index contributed by atoms with van der Waals surface area (Å²) in [6.45, 7) is 2.17. The van der Waals surface area contributed by atoms with E-state index in [0.29, 0.717) is 0 Å². The van der Waals surface area contributed by atoms with Crippen molar-refractivity contribution < 1.29 is 0 Å². The van der Waals surface area contributed by atoms with Crippen LogP contribution in [0.4, 0.5) is 0 Å². The van der Waals surface area contributed by atoms with E-state index >= 15 is 0 Å².